The number of carboxylic acid groups (broad SMARTS) is 2. The molecule has 0 heterocycles. The van der Waals surface area contributed by atoms with Gasteiger partial charge in [-0.25, -0.2) is 9.59 Å². The molecule has 0 spiro atoms. The van der Waals surface area contributed by atoms with E-state index in [4.69, 9.17) is 10.2 Å². The molecule has 0 rings (SSSR count). The molecule has 0 aliphatic heterocycles. The fraction of sp³-hybridized carbons (Fsp3) is 0.500. The Bertz CT molecular complexity index is 316. The fourth-order valence-electron chi connectivity index (χ4n) is 0.991. The van der Waals surface area contributed by atoms with Gasteiger partial charge in [0.05, 0.1) is 0 Å². The molecule has 7 heteroatoms. The predicted molar refractivity (Wildman–Crippen MR) is 59.6 cm³/mol. The quantitative estimate of drug-likeness (QED) is 0.477. The maximum absolute atomic E-state index is 11.3. The normalized spacial score (nSPS) is 13.2. The van der Waals surface area contributed by atoms with Gasteiger partial charge >= 0.3 is 18.0 Å². The molecule has 2 atom stereocenters. The van der Waals surface area contributed by atoms with E-state index in [-0.39, 0.29) is 18.9 Å². The molecule has 0 aromatic heterocycles. The average Bonchev–Trinajstić information content (AvgIpc) is 2.23. The first kappa shape index (κ1) is 14.9. The first-order valence-electron chi connectivity index (χ1n) is 5.01. The summed E-state index contributed by atoms with van der Waals surface area (Å²) in [6.07, 6.45) is 0.988. The van der Waals surface area contributed by atoms with E-state index >= 15 is 0 Å². The summed E-state index contributed by atoms with van der Waals surface area (Å²) in [6.45, 7) is 5.12. The van der Waals surface area contributed by atoms with Crippen LogP contribution in [0.15, 0.2) is 12.7 Å². The first-order valence-corrected chi connectivity index (χ1v) is 5.01. The molecule has 0 aliphatic carbocycles. The molecule has 2 amide bonds. The summed E-state index contributed by atoms with van der Waals surface area (Å²) in [4.78, 5) is 32.3. The first-order chi connectivity index (χ1) is 7.86. The molecule has 0 aliphatic rings. The molecule has 0 saturated carbocycles. The largest absolute Gasteiger partial charge is 0.481 e. The highest BCUT2D eigenvalue weighted by atomic mass is 16.4. The number of hydrogen-bond acceptors (Lipinski definition) is 3. The number of aliphatic carboxylic acids is 2. The van der Waals surface area contributed by atoms with Crippen molar-refractivity contribution in [2.75, 3.05) is 0 Å². The Balaban J connectivity index is 4.24. The minimum atomic E-state index is -1.27. The van der Waals surface area contributed by atoms with Crippen LogP contribution in [0.2, 0.25) is 0 Å². The number of carboxylic acids is 2. The topological polar surface area (TPSA) is 116 Å². The van der Waals surface area contributed by atoms with Gasteiger partial charge in [-0.15, -0.1) is 6.58 Å². The van der Waals surface area contributed by atoms with Crippen molar-refractivity contribution >= 4 is 18.0 Å². The van der Waals surface area contributed by atoms with Gasteiger partial charge in [0.2, 0.25) is 0 Å². The van der Waals surface area contributed by atoms with Gasteiger partial charge in [0.15, 0.2) is 0 Å². The highest BCUT2D eigenvalue weighted by Gasteiger charge is 2.21. The van der Waals surface area contributed by atoms with E-state index in [0.29, 0.717) is 0 Å². The van der Waals surface area contributed by atoms with Crippen LogP contribution in [0, 0.1) is 0 Å². The molecule has 4 N–H and O–H groups in total. The van der Waals surface area contributed by atoms with Crippen LogP contribution in [0.25, 0.3) is 0 Å². The lowest BCUT2D eigenvalue weighted by Crippen LogP contribution is -2.48. The molecule has 0 aromatic carbocycles. The van der Waals surface area contributed by atoms with Crippen molar-refractivity contribution in [3.63, 3.8) is 0 Å². The van der Waals surface area contributed by atoms with Crippen LogP contribution < -0.4 is 10.6 Å². The third-order valence-corrected chi connectivity index (χ3v) is 1.96. The van der Waals surface area contributed by atoms with Crippen molar-refractivity contribution in [3.05, 3.63) is 12.7 Å². The molecule has 0 radical (unpaired) electrons. The second-order valence-electron chi connectivity index (χ2n) is 3.47. The van der Waals surface area contributed by atoms with Gasteiger partial charge < -0.3 is 20.8 Å². The number of urea groups is 1. The van der Waals surface area contributed by atoms with Gasteiger partial charge in [0, 0.05) is 12.5 Å². The molecule has 17 heavy (non-hydrogen) atoms. The van der Waals surface area contributed by atoms with Crippen molar-refractivity contribution in [1.82, 2.24) is 10.6 Å². The SMILES string of the molecule is C=CC(C)NC(=O)N[C@@H](CCC(=O)O)C(=O)O. The molecular formula is C10H16N2O5. The van der Waals surface area contributed by atoms with Gasteiger partial charge in [-0.1, -0.05) is 6.08 Å². The lowest BCUT2D eigenvalue weighted by Gasteiger charge is -2.16. The highest BCUT2D eigenvalue weighted by molar-refractivity contribution is 5.83. The van der Waals surface area contributed by atoms with Crippen molar-refractivity contribution in [2.45, 2.75) is 31.8 Å². The van der Waals surface area contributed by atoms with E-state index < -0.39 is 24.0 Å². The van der Waals surface area contributed by atoms with Crippen molar-refractivity contribution in [2.24, 2.45) is 0 Å². The van der Waals surface area contributed by atoms with Crippen LogP contribution in [0.1, 0.15) is 19.8 Å². The third kappa shape index (κ3) is 6.93. The smallest absolute Gasteiger partial charge is 0.326 e. The van der Waals surface area contributed by atoms with Gasteiger partial charge in [-0.05, 0) is 13.3 Å². The van der Waals surface area contributed by atoms with Gasteiger partial charge in [-0.2, -0.15) is 0 Å². The molecular weight excluding hydrogens is 228 g/mol. The summed E-state index contributed by atoms with van der Waals surface area (Å²) in [7, 11) is 0. The zero-order valence-corrected chi connectivity index (χ0v) is 9.47. The summed E-state index contributed by atoms with van der Waals surface area (Å²) >= 11 is 0. The van der Waals surface area contributed by atoms with E-state index in [9.17, 15) is 14.4 Å². The van der Waals surface area contributed by atoms with E-state index in [1.54, 1.807) is 6.92 Å². The molecule has 0 fully saturated rings. The Morgan fingerprint density at radius 3 is 2.29 bits per heavy atom. The minimum Gasteiger partial charge on any atom is -0.481 e. The Hall–Kier alpha value is -2.05. The van der Waals surface area contributed by atoms with E-state index in [0.717, 1.165) is 0 Å². The zero-order valence-electron chi connectivity index (χ0n) is 9.47. The summed E-state index contributed by atoms with van der Waals surface area (Å²) < 4.78 is 0. The molecule has 96 valence electrons. The van der Waals surface area contributed by atoms with Crippen LogP contribution in [0.4, 0.5) is 4.79 Å². The Kier molecular flexibility index (Phi) is 6.39. The monoisotopic (exact) mass is 244 g/mol. The fourth-order valence-corrected chi connectivity index (χ4v) is 0.991. The second-order valence-corrected chi connectivity index (χ2v) is 3.47. The lowest BCUT2D eigenvalue weighted by atomic mass is 10.1. The zero-order chi connectivity index (χ0) is 13.4. The van der Waals surface area contributed by atoms with Gasteiger partial charge in [0.1, 0.15) is 6.04 Å². The number of nitrogens with one attached hydrogen (secondary N) is 2. The second kappa shape index (κ2) is 7.26. The van der Waals surface area contributed by atoms with Gasteiger partial charge in [-0.3, -0.25) is 4.79 Å². The number of carbonyl (C=O) groups excluding carboxylic acids is 1. The van der Waals surface area contributed by atoms with Crippen LogP contribution >= 0.6 is 0 Å². The van der Waals surface area contributed by atoms with Crippen molar-refractivity contribution in [1.29, 1.82) is 0 Å². The Morgan fingerprint density at radius 2 is 1.88 bits per heavy atom. The van der Waals surface area contributed by atoms with E-state index in [1.807, 2.05) is 0 Å². The molecule has 0 bridgehead atoms. The summed E-state index contributed by atoms with van der Waals surface area (Å²) in [5.74, 6) is -2.38. The van der Waals surface area contributed by atoms with Crippen molar-refractivity contribution in [3.8, 4) is 0 Å². The standard InChI is InChI=1S/C10H16N2O5/c1-3-6(2)11-10(17)12-7(9(15)16)4-5-8(13)14/h3,6-7H,1,4-5H2,2H3,(H,13,14)(H,15,16)(H2,11,12,17)/t6?,7-/m0/s1. The number of amides is 2. The molecule has 1 unspecified atom stereocenters. The third-order valence-electron chi connectivity index (χ3n) is 1.96. The van der Waals surface area contributed by atoms with Gasteiger partial charge in [0.25, 0.3) is 0 Å². The Morgan fingerprint density at radius 1 is 1.29 bits per heavy atom. The molecule has 0 saturated heterocycles. The van der Waals surface area contributed by atoms with E-state index in [2.05, 4.69) is 17.2 Å². The summed E-state index contributed by atoms with van der Waals surface area (Å²) in [6, 6.07) is -2.19. The van der Waals surface area contributed by atoms with Crippen molar-refractivity contribution < 1.29 is 24.6 Å². The van der Waals surface area contributed by atoms with Crippen LogP contribution in [0.5, 0.6) is 0 Å². The maximum atomic E-state index is 11.3. The number of hydrogen-bond donors (Lipinski definition) is 4. The van der Waals surface area contributed by atoms with E-state index in [1.165, 1.54) is 6.08 Å². The Labute approximate surface area is 98.5 Å². The maximum Gasteiger partial charge on any atom is 0.326 e. The molecule has 7 nitrogen and oxygen atoms in total. The number of rotatable bonds is 7. The summed E-state index contributed by atoms with van der Waals surface area (Å²) in [5.41, 5.74) is 0. The molecule has 0 aromatic rings. The lowest BCUT2D eigenvalue weighted by molar-refractivity contribution is -0.140. The van der Waals surface area contributed by atoms with Crippen LogP contribution in [-0.4, -0.2) is 40.3 Å². The van der Waals surface area contributed by atoms with Crippen LogP contribution in [-0.2, 0) is 9.59 Å². The summed E-state index contributed by atoms with van der Waals surface area (Å²) in [5, 5.41) is 21.8. The average molecular weight is 244 g/mol. The number of carbonyl (C=O) groups is 3. The minimum absolute atomic E-state index is 0.166. The highest BCUT2D eigenvalue weighted by Crippen LogP contribution is 1.98. The predicted octanol–water partition coefficient (Wildman–Crippen LogP) is 0.178. The van der Waals surface area contributed by atoms with Crippen LogP contribution in [0.3, 0.4) is 0 Å².